The van der Waals surface area contributed by atoms with Crippen molar-refractivity contribution in [3.05, 3.63) is 39.7 Å². The summed E-state index contributed by atoms with van der Waals surface area (Å²) in [6.45, 7) is 0. The van der Waals surface area contributed by atoms with Gasteiger partial charge in [-0.15, -0.1) is 0 Å². The third kappa shape index (κ3) is 2.48. The molecule has 0 amide bonds. The molecule has 21 heavy (non-hydrogen) atoms. The van der Waals surface area contributed by atoms with E-state index in [0.29, 0.717) is 14.5 Å². The Hall–Kier alpha value is -2.03. The molecule has 3 aromatic rings. The standard InChI is InChI=1S/C6H7N2O2.C5H4N5.Hg/c1-7-4-3-5(9)8(2)6(7)10;6-4-3-5(9-1-7-3)10-2-8-4;/h4H,1-2H3;1-2H,(H2-,6,7,8,9,10);/q;-1;+1. The molecular formula is C11H11HgN7O2. The van der Waals surface area contributed by atoms with Crippen LogP contribution in [0.25, 0.3) is 11.2 Å². The summed E-state index contributed by atoms with van der Waals surface area (Å²) in [5.41, 5.74) is 0.741. The summed E-state index contributed by atoms with van der Waals surface area (Å²) in [6.07, 6.45) is 4.59. The van der Waals surface area contributed by atoms with Gasteiger partial charge in [0.25, 0.3) is 0 Å². The average Bonchev–Trinajstić information content (AvgIpc) is 2.96. The molecule has 0 atom stereocenters. The SMILES string of the molecule is Cn1c[c]([Hg][NH]c2ncnc3nc[nH]c23)c(=O)n(C)c1=O. The van der Waals surface area contributed by atoms with Crippen LogP contribution in [0.2, 0.25) is 0 Å². The third-order valence-corrected chi connectivity index (χ3v) is 8.54. The Morgan fingerprint density at radius 1 is 1.24 bits per heavy atom. The second-order valence-electron chi connectivity index (χ2n) is 4.59. The predicted molar refractivity (Wildman–Crippen MR) is 71.9 cm³/mol. The van der Waals surface area contributed by atoms with Crippen LogP contribution in [-0.2, 0) is 39.0 Å². The first-order valence-corrected chi connectivity index (χ1v) is 11.7. The van der Waals surface area contributed by atoms with Crippen molar-refractivity contribution < 1.29 is 24.9 Å². The zero-order chi connectivity index (χ0) is 15.0. The summed E-state index contributed by atoms with van der Waals surface area (Å²) < 4.78 is 6.51. The van der Waals surface area contributed by atoms with Crippen molar-refractivity contribution in [2.45, 2.75) is 0 Å². The molecule has 0 bridgehead atoms. The van der Waals surface area contributed by atoms with Crippen LogP contribution >= 0.6 is 0 Å². The number of hydrogen-bond acceptors (Lipinski definition) is 6. The third-order valence-electron chi connectivity index (χ3n) is 3.19. The number of fused-ring (bicyclic) bond motifs is 1. The monoisotopic (exact) mass is 475 g/mol. The summed E-state index contributed by atoms with van der Waals surface area (Å²) >= 11 is -1.98. The van der Waals surface area contributed by atoms with Crippen LogP contribution in [0.4, 0.5) is 5.82 Å². The fraction of sp³-hybridized carbons (Fsp3) is 0.182. The van der Waals surface area contributed by atoms with Crippen LogP contribution < -0.4 is 17.4 Å². The van der Waals surface area contributed by atoms with E-state index in [4.69, 9.17) is 0 Å². The topological polar surface area (TPSA) is 110 Å². The Kier molecular flexibility index (Phi) is 3.58. The van der Waals surface area contributed by atoms with Crippen molar-refractivity contribution in [1.82, 2.24) is 29.1 Å². The molecule has 0 aliphatic rings. The van der Waals surface area contributed by atoms with E-state index >= 15 is 0 Å². The number of nitrogens with zero attached hydrogens (tertiary/aromatic N) is 5. The van der Waals surface area contributed by atoms with E-state index in [9.17, 15) is 9.59 Å². The Bertz CT molecular complexity index is 926. The maximum absolute atomic E-state index is 12.1. The summed E-state index contributed by atoms with van der Waals surface area (Å²) in [5, 5.41) is 0. The van der Waals surface area contributed by atoms with Crippen molar-refractivity contribution >= 4 is 20.1 Å². The molecule has 0 aliphatic carbocycles. The molecule has 104 valence electrons. The van der Waals surface area contributed by atoms with Crippen molar-refractivity contribution in [3.8, 4) is 0 Å². The molecule has 3 aromatic heterocycles. The number of H-pyrrole nitrogens is 1. The van der Waals surface area contributed by atoms with Crippen LogP contribution in [0.15, 0.2) is 28.4 Å². The number of nitrogens with one attached hydrogen (secondary N) is 2. The van der Waals surface area contributed by atoms with E-state index < -0.39 is 24.9 Å². The van der Waals surface area contributed by atoms with E-state index in [2.05, 4.69) is 23.0 Å². The summed E-state index contributed by atoms with van der Waals surface area (Å²) in [4.78, 5) is 39.0. The molecule has 0 radical (unpaired) electrons. The first-order valence-electron chi connectivity index (χ1n) is 6.21. The molecule has 10 heteroatoms. The number of rotatable bonds is 3. The Labute approximate surface area is 130 Å². The van der Waals surface area contributed by atoms with Crippen molar-refractivity contribution in [2.24, 2.45) is 14.1 Å². The average molecular weight is 474 g/mol. The van der Waals surface area contributed by atoms with Crippen molar-refractivity contribution in [2.75, 3.05) is 3.08 Å². The second kappa shape index (κ2) is 5.39. The van der Waals surface area contributed by atoms with Gasteiger partial charge in [0.2, 0.25) is 0 Å². The fourth-order valence-corrected chi connectivity index (χ4v) is 7.45. The van der Waals surface area contributed by atoms with Gasteiger partial charge in [-0.2, -0.15) is 0 Å². The zero-order valence-electron chi connectivity index (χ0n) is 11.5. The first-order chi connectivity index (χ1) is 10.1. The van der Waals surface area contributed by atoms with Gasteiger partial charge in [0.1, 0.15) is 0 Å². The van der Waals surface area contributed by atoms with E-state index in [1.54, 1.807) is 19.6 Å². The van der Waals surface area contributed by atoms with Gasteiger partial charge in [-0.1, -0.05) is 0 Å². The quantitative estimate of drug-likeness (QED) is 0.447. The summed E-state index contributed by atoms with van der Waals surface area (Å²) in [6, 6.07) is 0. The molecule has 0 aliphatic heterocycles. The van der Waals surface area contributed by atoms with Crippen molar-refractivity contribution in [3.63, 3.8) is 0 Å². The molecule has 3 heterocycles. The Balaban J connectivity index is 1.94. The minimum absolute atomic E-state index is 0.234. The van der Waals surface area contributed by atoms with E-state index in [0.717, 1.165) is 10.1 Å². The number of aryl methyl sites for hydroxylation is 1. The normalized spacial score (nSPS) is 10.6. The van der Waals surface area contributed by atoms with E-state index in [1.807, 2.05) is 0 Å². The fourth-order valence-electron chi connectivity index (χ4n) is 2.08. The minimum atomic E-state index is -1.98. The Morgan fingerprint density at radius 2 is 2.05 bits per heavy atom. The molecule has 0 saturated heterocycles. The van der Waals surface area contributed by atoms with Crippen LogP contribution in [-0.4, -0.2) is 29.1 Å². The van der Waals surface area contributed by atoms with Crippen LogP contribution in [0, 0.1) is 0 Å². The molecule has 0 saturated carbocycles. The van der Waals surface area contributed by atoms with Gasteiger partial charge in [0, 0.05) is 0 Å². The zero-order valence-corrected chi connectivity index (χ0v) is 17.0. The summed E-state index contributed by atoms with van der Waals surface area (Å²) in [7, 11) is 3.12. The number of imidazole rings is 1. The number of anilines is 1. The molecule has 0 fully saturated rings. The van der Waals surface area contributed by atoms with Gasteiger partial charge in [-0.05, 0) is 0 Å². The van der Waals surface area contributed by atoms with Crippen LogP contribution in [0.3, 0.4) is 0 Å². The van der Waals surface area contributed by atoms with Gasteiger partial charge in [-0.3, -0.25) is 0 Å². The molecule has 9 nitrogen and oxygen atoms in total. The molecule has 3 rings (SSSR count). The van der Waals surface area contributed by atoms with Crippen molar-refractivity contribution in [1.29, 1.82) is 0 Å². The first kappa shape index (κ1) is 13.9. The molecule has 2 N–H and O–H groups in total. The summed E-state index contributed by atoms with van der Waals surface area (Å²) in [5.74, 6) is 0.648. The molecular weight excluding hydrogens is 463 g/mol. The van der Waals surface area contributed by atoms with E-state index in [-0.39, 0.29) is 11.2 Å². The second-order valence-corrected chi connectivity index (χ2v) is 10.3. The molecule has 0 spiro atoms. The van der Waals surface area contributed by atoms with Gasteiger partial charge in [0.05, 0.1) is 0 Å². The Morgan fingerprint density at radius 3 is 2.86 bits per heavy atom. The number of hydrogen-bond donors (Lipinski definition) is 2. The van der Waals surface area contributed by atoms with Crippen LogP contribution in [0.5, 0.6) is 0 Å². The van der Waals surface area contributed by atoms with Gasteiger partial charge in [0.15, 0.2) is 0 Å². The van der Waals surface area contributed by atoms with Crippen LogP contribution in [0.1, 0.15) is 0 Å². The van der Waals surface area contributed by atoms with Gasteiger partial charge in [-0.25, -0.2) is 0 Å². The maximum atomic E-state index is 12.1. The number of aromatic amines is 1. The van der Waals surface area contributed by atoms with Gasteiger partial charge >= 0.3 is 131 Å². The number of aromatic nitrogens is 6. The predicted octanol–water partition coefficient (Wildman–Crippen LogP) is -1.51. The molecule has 0 aromatic carbocycles. The molecule has 0 unspecified atom stereocenters. The van der Waals surface area contributed by atoms with E-state index in [1.165, 1.54) is 17.9 Å². The van der Waals surface area contributed by atoms with Gasteiger partial charge < -0.3 is 0 Å².